The molecular formula is C33H35N5O8. The summed E-state index contributed by atoms with van der Waals surface area (Å²) in [6.07, 6.45) is -1.03. The molecule has 13 nitrogen and oxygen atoms in total. The molecular weight excluding hydrogens is 594 g/mol. The molecule has 0 unspecified atom stereocenters. The average molecular weight is 630 g/mol. The Hall–Kier alpha value is -5.72. The van der Waals surface area contributed by atoms with Gasteiger partial charge in [0, 0.05) is 25.1 Å². The number of amides is 3. The molecule has 4 aromatic rings. The van der Waals surface area contributed by atoms with E-state index in [2.05, 4.69) is 20.6 Å². The van der Waals surface area contributed by atoms with Crippen LogP contribution in [0.2, 0.25) is 0 Å². The molecule has 0 aliphatic heterocycles. The number of ether oxygens (including phenoxy) is 2. The van der Waals surface area contributed by atoms with Gasteiger partial charge in [0.05, 0.1) is 30.6 Å². The van der Waals surface area contributed by atoms with Crippen molar-refractivity contribution in [3.05, 3.63) is 101 Å². The number of alkyl carbamates (subject to hydrolysis) is 1. The number of carboxylic acid groups (broad SMARTS) is 1. The van der Waals surface area contributed by atoms with Gasteiger partial charge in [0.1, 0.15) is 18.5 Å². The summed E-state index contributed by atoms with van der Waals surface area (Å²) < 4.78 is 10.0. The van der Waals surface area contributed by atoms with Gasteiger partial charge in [-0.3, -0.25) is 14.4 Å². The highest BCUT2D eigenvalue weighted by Crippen LogP contribution is 2.16. The van der Waals surface area contributed by atoms with E-state index >= 15 is 0 Å². The van der Waals surface area contributed by atoms with Crippen LogP contribution in [0, 0.1) is 0 Å². The molecule has 4 N–H and O–H groups in total. The Kier molecular flexibility index (Phi) is 11.8. The molecule has 0 saturated carbocycles. The molecule has 13 heteroatoms. The van der Waals surface area contributed by atoms with E-state index < -0.39 is 30.0 Å². The summed E-state index contributed by atoms with van der Waals surface area (Å²) in [6, 6.07) is 21.4. The van der Waals surface area contributed by atoms with Crippen molar-refractivity contribution in [3.63, 3.8) is 0 Å². The average Bonchev–Trinajstić information content (AvgIpc) is 3.47. The van der Waals surface area contributed by atoms with Crippen molar-refractivity contribution in [3.8, 4) is 0 Å². The van der Waals surface area contributed by atoms with Crippen molar-refractivity contribution in [2.45, 2.75) is 45.5 Å². The number of imidazole rings is 1. The number of carboxylic acids is 1. The lowest BCUT2D eigenvalue weighted by Gasteiger charge is -2.22. The third-order valence-electron chi connectivity index (χ3n) is 6.84. The number of fused-ring (bicyclic) bond motifs is 1. The maximum Gasteiger partial charge on any atom is 0.408 e. The van der Waals surface area contributed by atoms with Crippen molar-refractivity contribution < 1.29 is 38.6 Å². The van der Waals surface area contributed by atoms with Crippen molar-refractivity contribution in [2.24, 2.45) is 0 Å². The van der Waals surface area contributed by atoms with E-state index in [9.17, 15) is 29.1 Å². The number of H-pyrrole nitrogens is 1. The second kappa shape index (κ2) is 16.4. The second-order valence-electron chi connectivity index (χ2n) is 10.3. The number of rotatable bonds is 15. The van der Waals surface area contributed by atoms with E-state index in [1.54, 1.807) is 60.4 Å². The van der Waals surface area contributed by atoms with E-state index in [0.29, 0.717) is 11.4 Å². The van der Waals surface area contributed by atoms with Gasteiger partial charge in [-0.05, 0) is 42.3 Å². The van der Waals surface area contributed by atoms with Crippen molar-refractivity contribution in [1.82, 2.24) is 25.5 Å². The number of esters is 1. The Morgan fingerprint density at radius 1 is 0.870 bits per heavy atom. The lowest BCUT2D eigenvalue weighted by atomic mass is 10.1. The zero-order chi connectivity index (χ0) is 32.9. The van der Waals surface area contributed by atoms with Gasteiger partial charge in [0.15, 0.2) is 0 Å². The minimum atomic E-state index is -1.42. The number of carbonyl (C=O) groups excluding carboxylic acids is 4. The summed E-state index contributed by atoms with van der Waals surface area (Å²) in [7, 11) is 0. The van der Waals surface area contributed by atoms with Gasteiger partial charge in [-0.25, -0.2) is 14.6 Å². The SMILES string of the molecule is CCOC(=O)CCC(=O)N(Cc1ccc(C(=O)NC[C@H](NC(=O)OCc2ccccc2)C(=O)O)cc1)Cc1nc2ccccc2[nH]1. The van der Waals surface area contributed by atoms with Gasteiger partial charge >= 0.3 is 18.0 Å². The first kappa shape index (κ1) is 33.2. The predicted octanol–water partition coefficient (Wildman–Crippen LogP) is 3.54. The van der Waals surface area contributed by atoms with Crippen LogP contribution in [0.3, 0.4) is 0 Å². The third kappa shape index (κ3) is 9.91. The van der Waals surface area contributed by atoms with Crippen LogP contribution in [0.5, 0.6) is 0 Å². The van der Waals surface area contributed by atoms with Gasteiger partial charge in [-0.2, -0.15) is 0 Å². The van der Waals surface area contributed by atoms with Gasteiger partial charge in [-0.1, -0.05) is 54.6 Å². The van der Waals surface area contributed by atoms with Crippen LogP contribution in [0.25, 0.3) is 11.0 Å². The van der Waals surface area contributed by atoms with E-state index in [1.807, 2.05) is 30.3 Å². The Balaban J connectivity index is 1.35. The number of hydrogen-bond acceptors (Lipinski definition) is 8. The summed E-state index contributed by atoms with van der Waals surface area (Å²) in [5, 5.41) is 14.3. The number of carbonyl (C=O) groups is 5. The number of hydrogen-bond donors (Lipinski definition) is 4. The Morgan fingerprint density at radius 3 is 2.28 bits per heavy atom. The van der Waals surface area contributed by atoms with Crippen LogP contribution in [-0.4, -0.2) is 69.0 Å². The molecule has 3 aromatic carbocycles. The normalized spacial score (nSPS) is 11.3. The molecule has 0 spiro atoms. The van der Waals surface area contributed by atoms with Crippen LogP contribution in [0.4, 0.5) is 4.79 Å². The highest BCUT2D eigenvalue weighted by Gasteiger charge is 2.22. The van der Waals surface area contributed by atoms with E-state index in [0.717, 1.165) is 16.6 Å². The minimum Gasteiger partial charge on any atom is -0.480 e. The van der Waals surface area contributed by atoms with Gasteiger partial charge in [-0.15, -0.1) is 0 Å². The van der Waals surface area contributed by atoms with E-state index in [4.69, 9.17) is 9.47 Å². The Morgan fingerprint density at radius 2 is 1.59 bits per heavy atom. The lowest BCUT2D eigenvalue weighted by Crippen LogP contribution is -2.48. The number of para-hydroxylation sites is 2. The van der Waals surface area contributed by atoms with Crippen LogP contribution >= 0.6 is 0 Å². The molecule has 1 aromatic heterocycles. The fraction of sp³-hybridized carbons (Fsp3) is 0.273. The first-order valence-corrected chi connectivity index (χ1v) is 14.7. The number of aromatic nitrogens is 2. The van der Waals surface area contributed by atoms with E-state index in [1.165, 1.54) is 0 Å². The fourth-order valence-electron chi connectivity index (χ4n) is 4.48. The highest BCUT2D eigenvalue weighted by atomic mass is 16.5. The molecule has 46 heavy (non-hydrogen) atoms. The molecule has 3 amide bonds. The lowest BCUT2D eigenvalue weighted by molar-refractivity contribution is -0.146. The summed E-state index contributed by atoms with van der Waals surface area (Å²) in [5.41, 5.74) is 3.28. The molecule has 0 radical (unpaired) electrons. The molecule has 0 saturated heterocycles. The molecule has 1 atom stereocenters. The van der Waals surface area contributed by atoms with Crippen molar-refractivity contribution in [1.29, 1.82) is 0 Å². The quantitative estimate of drug-likeness (QED) is 0.143. The van der Waals surface area contributed by atoms with Crippen LogP contribution < -0.4 is 10.6 Å². The van der Waals surface area contributed by atoms with Crippen LogP contribution in [0.1, 0.15) is 47.1 Å². The Labute approximate surface area is 264 Å². The number of benzene rings is 3. The molecule has 4 rings (SSSR count). The monoisotopic (exact) mass is 629 g/mol. The summed E-state index contributed by atoms with van der Waals surface area (Å²) in [5.74, 6) is -2.05. The molecule has 0 aliphatic carbocycles. The van der Waals surface area contributed by atoms with Crippen LogP contribution in [0.15, 0.2) is 78.9 Å². The predicted molar refractivity (Wildman–Crippen MR) is 166 cm³/mol. The zero-order valence-electron chi connectivity index (χ0n) is 25.2. The number of aliphatic carboxylic acids is 1. The maximum atomic E-state index is 13.2. The number of nitrogens with one attached hydrogen (secondary N) is 3. The minimum absolute atomic E-state index is 0.0373. The summed E-state index contributed by atoms with van der Waals surface area (Å²) in [6.45, 7) is 1.85. The fourth-order valence-corrected chi connectivity index (χ4v) is 4.48. The summed E-state index contributed by atoms with van der Waals surface area (Å²) in [4.78, 5) is 70.9. The number of nitrogens with zero attached hydrogens (tertiary/aromatic N) is 2. The second-order valence-corrected chi connectivity index (χ2v) is 10.3. The third-order valence-corrected chi connectivity index (χ3v) is 6.84. The molecule has 0 fully saturated rings. The standard InChI is InChI=1S/C33H35N5O8/c1-2-45-30(40)17-16-29(39)38(20-28-35-25-10-6-7-11-26(25)36-28)19-22-12-14-24(15-13-22)31(41)34-18-27(32(42)43)37-33(44)46-21-23-8-4-3-5-9-23/h3-15,27H,2,16-21H2,1H3,(H,34,41)(H,35,36)(H,37,44)(H,42,43)/t27-/m0/s1. The Bertz CT molecular complexity index is 1620. The van der Waals surface area contributed by atoms with Gasteiger partial charge in [0.25, 0.3) is 5.91 Å². The van der Waals surface area contributed by atoms with Gasteiger partial charge < -0.3 is 35.1 Å². The first-order chi connectivity index (χ1) is 22.2. The largest absolute Gasteiger partial charge is 0.480 e. The van der Waals surface area contributed by atoms with Gasteiger partial charge in [0.2, 0.25) is 5.91 Å². The van der Waals surface area contributed by atoms with Crippen molar-refractivity contribution >= 4 is 40.9 Å². The van der Waals surface area contributed by atoms with Crippen molar-refractivity contribution in [2.75, 3.05) is 13.2 Å². The highest BCUT2D eigenvalue weighted by molar-refractivity contribution is 5.94. The van der Waals surface area contributed by atoms with Crippen LogP contribution in [-0.2, 0) is 43.6 Å². The molecule has 1 heterocycles. The zero-order valence-corrected chi connectivity index (χ0v) is 25.2. The molecule has 240 valence electrons. The maximum absolute atomic E-state index is 13.2. The molecule has 0 aliphatic rings. The molecule has 0 bridgehead atoms. The summed E-state index contributed by atoms with van der Waals surface area (Å²) >= 11 is 0. The topological polar surface area (TPSA) is 180 Å². The number of aromatic amines is 1. The first-order valence-electron chi connectivity index (χ1n) is 14.7. The van der Waals surface area contributed by atoms with E-state index in [-0.39, 0.29) is 57.2 Å². The smallest absolute Gasteiger partial charge is 0.408 e.